The van der Waals surface area contributed by atoms with Crippen molar-refractivity contribution in [3.63, 3.8) is 0 Å². The van der Waals surface area contributed by atoms with Crippen molar-refractivity contribution in [3.8, 4) is 0 Å². The Hall–Kier alpha value is -4.04. The summed E-state index contributed by atoms with van der Waals surface area (Å²) < 4.78 is 651. The van der Waals surface area contributed by atoms with E-state index >= 15 is 0 Å². The van der Waals surface area contributed by atoms with Gasteiger partial charge in [0.2, 0.25) is 0 Å². The third-order valence-electron chi connectivity index (χ3n) is 8.13. The third kappa shape index (κ3) is 10.7. The molecular formula is C23F46N2O8S. The van der Waals surface area contributed by atoms with Crippen molar-refractivity contribution < 1.29 is 239 Å². The molecule has 0 aromatic carbocycles. The number of nitrogens with zero attached hydrogens (tertiary/aromatic N) is 2. The van der Waals surface area contributed by atoms with Crippen LogP contribution in [0.4, 0.5) is 202 Å². The average molecular weight is 1340 g/mol. The van der Waals surface area contributed by atoms with Crippen molar-refractivity contribution in [1.82, 2.24) is 9.21 Å². The molecule has 0 spiro atoms. The highest BCUT2D eigenvalue weighted by Crippen LogP contribution is 2.67. The number of hydrogen-bond donors (Lipinski definition) is 0. The van der Waals surface area contributed by atoms with Crippen LogP contribution >= 0.6 is 0 Å². The molecule has 10 nitrogen and oxygen atoms in total. The van der Waals surface area contributed by atoms with E-state index in [1.807, 2.05) is 0 Å². The van der Waals surface area contributed by atoms with Gasteiger partial charge in [-0.1, -0.05) is 4.31 Å². The molecule has 1 amide bonds. The zero-order chi connectivity index (χ0) is 65.8. The zero-order valence-corrected chi connectivity index (χ0v) is 34.3. The molecule has 1 aliphatic heterocycles. The first kappa shape index (κ1) is 74.0. The van der Waals surface area contributed by atoms with E-state index in [1.54, 1.807) is 0 Å². The fraction of sp³-hybridized carbons (Fsp3) is 0.957. The second-order valence-electron chi connectivity index (χ2n) is 13.6. The molecule has 0 aromatic heterocycles. The Morgan fingerprint density at radius 3 is 0.750 bits per heavy atom. The number of alkyl halides is 46. The topological polar surface area (TPSA) is 104 Å². The van der Waals surface area contributed by atoms with Crippen LogP contribution in [0.2, 0.25) is 0 Å². The van der Waals surface area contributed by atoms with Crippen LogP contribution in [0, 0.1) is 0 Å². The van der Waals surface area contributed by atoms with E-state index in [0.717, 1.165) is 23.7 Å². The minimum absolute atomic E-state index is 0.855. The summed E-state index contributed by atoms with van der Waals surface area (Å²) in [6.07, 6.45) is -92.8. The fourth-order valence-electron chi connectivity index (χ4n) is 4.29. The highest BCUT2D eigenvalue weighted by Gasteiger charge is 2.99. The number of piperazine rings is 1. The normalized spacial score (nSPS) is 20.1. The van der Waals surface area contributed by atoms with Gasteiger partial charge in [-0.05, 0) is 0 Å². The van der Waals surface area contributed by atoms with Crippen LogP contribution in [0.1, 0.15) is 0 Å². The molecule has 0 radical (unpaired) electrons. The Morgan fingerprint density at radius 2 is 0.512 bits per heavy atom. The number of hydrogen-bond acceptors (Lipinski definition) is 8. The number of rotatable bonds is 22. The highest BCUT2D eigenvalue weighted by molar-refractivity contribution is 7.90. The van der Waals surface area contributed by atoms with Gasteiger partial charge in [0, 0.05) is 0 Å². The Balaban J connectivity index is 3.95. The van der Waals surface area contributed by atoms with Gasteiger partial charge in [-0.2, -0.15) is 189 Å². The molecule has 80 heavy (non-hydrogen) atoms. The van der Waals surface area contributed by atoms with Crippen molar-refractivity contribution in [3.05, 3.63) is 0 Å². The molecule has 478 valence electrons. The lowest BCUT2D eigenvalue weighted by Crippen LogP contribution is -2.85. The maximum Gasteiger partial charge on any atom is 0.527 e. The monoisotopic (exact) mass is 1340 g/mol. The van der Waals surface area contributed by atoms with Crippen molar-refractivity contribution >= 4 is 15.9 Å². The first-order valence-electron chi connectivity index (χ1n) is 16.3. The molecule has 0 saturated carbocycles. The molecule has 1 rings (SSSR count). The summed E-state index contributed by atoms with van der Waals surface area (Å²) in [5, 5.41) is -10.1. The minimum atomic E-state index is -11.1. The Kier molecular flexibility index (Phi) is 17.3. The lowest BCUT2D eigenvalue weighted by atomic mass is 9.91. The van der Waals surface area contributed by atoms with Crippen LogP contribution in [-0.2, 0) is 38.5 Å². The van der Waals surface area contributed by atoms with E-state index < -0.39 is 158 Å². The lowest BCUT2D eigenvalue weighted by Gasteiger charge is -2.53. The van der Waals surface area contributed by atoms with Crippen LogP contribution in [0.3, 0.4) is 0 Å². The fourth-order valence-corrected chi connectivity index (χ4v) is 5.79. The summed E-state index contributed by atoms with van der Waals surface area (Å²) in [7, 11) is -11.1. The predicted octanol–water partition coefficient (Wildman–Crippen LogP) is 12.7. The molecule has 1 aliphatic rings. The molecular weight excluding hydrogens is 1340 g/mol. The van der Waals surface area contributed by atoms with E-state index in [-0.39, 0.29) is 0 Å². The van der Waals surface area contributed by atoms with E-state index in [4.69, 9.17) is 0 Å². The summed E-state index contributed by atoms with van der Waals surface area (Å²) >= 11 is 0. The first-order chi connectivity index (χ1) is 33.7. The van der Waals surface area contributed by atoms with Crippen LogP contribution in [0.5, 0.6) is 0 Å². The van der Waals surface area contributed by atoms with E-state index in [1.165, 1.54) is 0 Å². The predicted molar refractivity (Wildman–Crippen MR) is 134 cm³/mol. The summed E-state index contributed by atoms with van der Waals surface area (Å²) in [6.45, 7) is 0. The van der Waals surface area contributed by atoms with Crippen LogP contribution < -0.4 is 0 Å². The average Bonchev–Trinajstić information content (AvgIpc) is 3.12. The van der Waals surface area contributed by atoms with Gasteiger partial charge in [0.25, 0.3) is 10.0 Å². The van der Waals surface area contributed by atoms with Gasteiger partial charge in [-0.3, -0.25) is 4.79 Å². The summed E-state index contributed by atoms with van der Waals surface area (Å²) in [5.74, 6) is -65.4. The largest absolute Gasteiger partial charge is 0.527 e. The molecule has 0 bridgehead atoms. The van der Waals surface area contributed by atoms with Crippen LogP contribution in [0.25, 0.3) is 0 Å². The lowest BCUT2D eigenvalue weighted by molar-refractivity contribution is -0.589. The van der Waals surface area contributed by atoms with Gasteiger partial charge in [0.15, 0.2) is 0 Å². The van der Waals surface area contributed by atoms with Gasteiger partial charge >= 0.3 is 138 Å². The molecule has 0 aromatic rings. The molecule has 1 heterocycles. The number of sulfonamides is 1. The van der Waals surface area contributed by atoms with E-state index in [9.17, 15) is 215 Å². The van der Waals surface area contributed by atoms with Crippen molar-refractivity contribution in [2.75, 3.05) is 0 Å². The van der Waals surface area contributed by atoms with Gasteiger partial charge in [0.1, 0.15) is 0 Å². The van der Waals surface area contributed by atoms with Gasteiger partial charge in [-0.15, -0.1) is 13.2 Å². The zero-order valence-electron chi connectivity index (χ0n) is 33.5. The third-order valence-corrected chi connectivity index (χ3v) is 9.97. The second-order valence-corrected chi connectivity index (χ2v) is 15.5. The maximum atomic E-state index is 14.7. The van der Waals surface area contributed by atoms with E-state index in [2.05, 4.69) is 0 Å². The number of ether oxygens (including phenoxy) is 5. The first-order valence-corrected chi connectivity index (χ1v) is 17.7. The van der Waals surface area contributed by atoms with Gasteiger partial charge in [0.05, 0.1) is 0 Å². The minimum Gasteiger partial charge on any atom is -0.264 e. The Labute approximate surface area is 397 Å². The van der Waals surface area contributed by atoms with Gasteiger partial charge in [-0.25, -0.2) is 37.0 Å². The number of carbonyl (C=O) groups excluding carboxylic acids is 1. The van der Waals surface area contributed by atoms with E-state index in [0.29, 0.717) is 0 Å². The molecule has 0 atom stereocenters. The van der Waals surface area contributed by atoms with Crippen molar-refractivity contribution in [2.24, 2.45) is 0 Å². The standard InChI is InChI=1S/C23F46N2O8S/c24-2(25,75-14(49,50)15(51,52)76-16(53,54)17(55,56)77-18(57,58)19(59,60)78-20(61,62)21(63,64)79-23(67,68)69)1(72)70-10(41,42)12(45,46)71(13(47,48)11(70,43)44)80(73,74)22(65,66)8(36,37)6(32,33)4(28,29)3(26,27)5(30,31)7(34,35)9(38,39)40. The van der Waals surface area contributed by atoms with Gasteiger partial charge < -0.3 is 0 Å². The molecule has 57 heteroatoms. The van der Waals surface area contributed by atoms with Crippen molar-refractivity contribution in [2.45, 2.75) is 132 Å². The summed E-state index contributed by atoms with van der Waals surface area (Å²) in [5.41, 5.74) is 0. The quantitative estimate of drug-likeness (QED) is 0.0780. The molecule has 0 unspecified atom stereocenters. The molecule has 0 aliphatic carbocycles. The summed E-state index contributed by atoms with van der Waals surface area (Å²) in [6, 6.07) is -37.7. The molecule has 0 N–H and O–H groups in total. The second kappa shape index (κ2) is 18.7. The molecule has 1 saturated heterocycles. The number of carbonyl (C=O) groups is 1. The number of amides is 1. The highest BCUT2D eigenvalue weighted by atomic mass is 32.2. The number of halogens is 46. The smallest absolute Gasteiger partial charge is 0.264 e. The SMILES string of the molecule is O=C(N1C(F)(F)C(F)(F)N(S(=O)(=O)C(F)(F)C(F)(F)C(F)(F)C(F)(F)C(F)(F)C(F)(F)C(F)(F)C(F)(F)F)C(F)(F)C1(F)F)C(F)(F)OC(F)(F)C(F)(F)OC(F)(F)C(F)(F)OC(F)(F)C(F)(F)OC(F)(F)C(F)(F)OC(F)(F)F. The van der Waals surface area contributed by atoms with Crippen LogP contribution in [-0.4, -0.2) is 156 Å². The van der Waals surface area contributed by atoms with Crippen molar-refractivity contribution in [1.29, 1.82) is 0 Å². The maximum absolute atomic E-state index is 14.7. The Bertz CT molecular complexity index is 2380. The summed E-state index contributed by atoms with van der Waals surface area (Å²) in [4.78, 5) is 6.55. The molecule has 1 fully saturated rings. The van der Waals surface area contributed by atoms with Crippen LogP contribution in [0.15, 0.2) is 0 Å². The Morgan fingerprint density at radius 1 is 0.300 bits per heavy atom.